The van der Waals surface area contributed by atoms with Crippen LogP contribution >= 0.6 is 34.8 Å². The molecule has 1 N–H and O–H groups in total. The molecule has 1 saturated heterocycles. The molecule has 2 aromatic carbocycles. The Kier molecular flexibility index (Phi) is 6.51. The lowest BCUT2D eigenvalue weighted by molar-refractivity contribution is -0.120. The van der Waals surface area contributed by atoms with E-state index in [1.54, 1.807) is 0 Å². The Balaban J connectivity index is 1.66. The second-order valence-electron chi connectivity index (χ2n) is 6.37. The molecule has 0 bridgehead atoms. The van der Waals surface area contributed by atoms with Gasteiger partial charge in [0, 0.05) is 29.1 Å². The molecule has 0 unspecified atom stereocenters. The van der Waals surface area contributed by atoms with Crippen LogP contribution in [0.4, 0.5) is 10.1 Å². The molecule has 2 aromatic rings. The van der Waals surface area contributed by atoms with Gasteiger partial charge in [-0.05, 0) is 49.2 Å². The Hall–Kier alpha value is -1.38. The summed E-state index contributed by atoms with van der Waals surface area (Å²) in [5.74, 6) is -1.42. The van der Waals surface area contributed by atoms with E-state index in [0.717, 1.165) is 6.07 Å². The van der Waals surface area contributed by atoms with Crippen molar-refractivity contribution in [2.45, 2.75) is 17.7 Å². The van der Waals surface area contributed by atoms with Gasteiger partial charge in [-0.1, -0.05) is 34.8 Å². The van der Waals surface area contributed by atoms with E-state index in [9.17, 15) is 17.6 Å². The SMILES string of the molecule is O=C(Nc1ccc(Cl)cc1F)C1CCN(S(=O)(=O)c2cc(Cl)ccc2Cl)CC1. The second-order valence-corrected chi connectivity index (χ2v) is 9.55. The second kappa shape index (κ2) is 8.55. The average Bonchev–Trinajstić information content (AvgIpc) is 2.66. The van der Waals surface area contributed by atoms with Crippen molar-refractivity contribution in [3.05, 3.63) is 57.3 Å². The van der Waals surface area contributed by atoms with Gasteiger partial charge < -0.3 is 5.32 Å². The number of piperidine rings is 1. The quantitative estimate of drug-likeness (QED) is 0.703. The zero-order valence-corrected chi connectivity index (χ0v) is 17.5. The van der Waals surface area contributed by atoms with Gasteiger partial charge in [0.15, 0.2) is 0 Å². The van der Waals surface area contributed by atoms with E-state index in [1.165, 1.54) is 34.6 Å². The van der Waals surface area contributed by atoms with Crippen molar-refractivity contribution >= 4 is 56.4 Å². The first-order chi connectivity index (χ1) is 13.2. The molecule has 1 fully saturated rings. The lowest BCUT2D eigenvalue weighted by Gasteiger charge is -2.30. The van der Waals surface area contributed by atoms with E-state index in [0.29, 0.717) is 12.8 Å². The summed E-state index contributed by atoms with van der Waals surface area (Å²) in [4.78, 5) is 12.4. The highest BCUT2D eigenvalue weighted by atomic mass is 35.5. The molecule has 0 spiro atoms. The normalized spacial score (nSPS) is 16.1. The number of sulfonamides is 1. The first-order valence-corrected chi connectivity index (χ1v) is 11.0. The molecule has 10 heteroatoms. The molecule has 1 aliphatic rings. The van der Waals surface area contributed by atoms with Gasteiger partial charge in [0.05, 0.1) is 10.7 Å². The molecule has 0 aromatic heterocycles. The van der Waals surface area contributed by atoms with E-state index in [4.69, 9.17) is 34.8 Å². The van der Waals surface area contributed by atoms with Crippen LogP contribution in [0.2, 0.25) is 15.1 Å². The van der Waals surface area contributed by atoms with Crippen molar-refractivity contribution in [1.82, 2.24) is 4.31 Å². The van der Waals surface area contributed by atoms with Crippen LogP contribution in [0, 0.1) is 11.7 Å². The Morgan fingerprint density at radius 1 is 1.04 bits per heavy atom. The number of hydrogen-bond donors (Lipinski definition) is 1. The molecule has 0 saturated carbocycles. The largest absolute Gasteiger partial charge is 0.323 e. The maximum atomic E-state index is 13.8. The lowest BCUT2D eigenvalue weighted by atomic mass is 9.97. The summed E-state index contributed by atoms with van der Waals surface area (Å²) in [5.41, 5.74) is 0.0372. The van der Waals surface area contributed by atoms with Crippen molar-refractivity contribution in [1.29, 1.82) is 0 Å². The highest BCUT2D eigenvalue weighted by Crippen LogP contribution is 2.31. The van der Waals surface area contributed by atoms with Gasteiger partial charge in [-0.15, -0.1) is 0 Å². The van der Waals surface area contributed by atoms with Crippen LogP contribution < -0.4 is 5.32 Å². The summed E-state index contributed by atoms with van der Waals surface area (Å²) in [6, 6.07) is 8.22. The Morgan fingerprint density at radius 2 is 1.64 bits per heavy atom. The number of carbonyl (C=O) groups excluding carboxylic acids is 1. The van der Waals surface area contributed by atoms with Crippen molar-refractivity contribution in [3.63, 3.8) is 0 Å². The van der Waals surface area contributed by atoms with E-state index in [2.05, 4.69) is 5.32 Å². The van der Waals surface area contributed by atoms with Crippen LogP contribution in [0.5, 0.6) is 0 Å². The molecule has 0 atom stereocenters. The van der Waals surface area contributed by atoms with Crippen molar-refractivity contribution in [2.24, 2.45) is 5.92 Å². The molecular weight excluding hydrogens is 450 g/mol. The lowest BCUT2D eigenvalue weighted by Crippen LogP contribution is -2.41. The molecular formula is C18H16Cl3FN2O3S. The van der Waals surface area contributed by atoms with Gasteiger partial charge >= 0.3 is 0 Å². The average molecular weight is 466 g/mol. The predicted octanol–water partition coefficient (Wildman–Crippen LogP) is 4.83. The minimum absolute atomic E-state index is 0.0372. The zero-order valence-electron chi connectivity index (χ0n) is 14.5. The van der Waals surface area contributed by atoms with Gasteiger partial charge in [0.1, 0.15) is 10.7 Å². The van der Waals surface area contributed by atoms with Crippen LogP contribution in [0.1, 0.15) is 12.8 Å². The van der Waals surface area contributed by atoms with Crippen molar-refractivity contribution < 1.29 is 17.6 Å². The third-order valence-corrected chi connectivity index (χ3v) is 7.38. The van der Waals surface area contributed by atoms with Gasteiger partial charge in [-0.3, -0.25) is 4.79 Å². The van der Waals surface area contributed by atoms with Crippen molar-refractivity contribution in [2.75, 3.05) is 18.4 Å². The molecule has 5 nitrogen and oxygen atoms in total. The van der Waals surface area contributed by atoms with Crippen LogP contribution in [-0.2, 0) is 14.8 Å². The molecule has 0 radical (unpaired) electrons. The molecule has 1 amide bonds. The summed E-state index contributed by atoms with van der Waals surface area (Å²) in [7, 11) is -3.82. The van der Waals surface area contributed by atoms with Gasteiger partial charge in [-0.2, -0.15) is 4.31 Å². The molecule has 3 rings (SSSR count). The third-order valence-electron chi connectivity index (χ3n) is 4.52. The number of nitrogens with zero attached hydrogens (tertiary/aromatic N) is 1. The monoisotopic (exact) mass is 464 g/mol. The number of carbonyl (C=O) groups is 1. The van der Waals surface area contributed by atoms with E-state index in [-0.39, 0.29) is 44.6 Å². The van der Waals surface area contributed by atoms with Gasteiger partial charge in [0.25, 0.3) is 0 Å². The minimum Gasteiger partial charge on any atom is -0.323 e. The van der Waals surface area contributed by atoms with Crippen LogP contribution in [0.15, 0.2) is 41.3 Å². The van der Waals surface area contributed by atoms with Crippen LogP contribution in [0.25, 0.3) is 0 Å². The number of halogens is 4. The fourth-order valence-electron chi connectivity index (χ4n) is 3.00. The van der Waals surface area contributed by atoms with Crippen molar-refractivity contribution in [3.8, 4) is 0 Å². The summed E-state index contributed by atoms with van der Waals surface area (Å²) in [6.07, 6.45) is 0.608. The number of nitrogens with one attached hydrogen (secondary N) is 1. The summed E-state index contributed by atoms with van der Waals surface area (Å²) in [6.45, 7) is 0.290. The molecule has 28 heavy (non-hydrogen) atoms. The molecule has 1 aliphatic heterocycles. The van der Waals surface area contributed by atoms with Gasteiger partial charge in [0.2, 0.25) is 15.9 Å². The Morgan fingerprint density at radius 3 is 2.29 bits per heavy atom. The summed E-state index contributed by atoms with van der Waals surface area (Å²) < 4.78 is 40.8. The zero-order chi connectivity index (χ0) is 20.5. The highest BCUT2D eigenvalue weighted by Gasteiger charge is 2.33. The van der Waals surface area contributed by atoms with Crippen LogP contribution in [0.3, 0.4) is 0 Å². The standard InChI is InChI=1S/C18H16Cl3FN2O3S/c19-12-2-4-16(15(22)9-12)23-18(25)11-5-7-24(8-6-11)28(26,27)17-10-13(20)1-3-14(17)21/h1-4,9-11H,5-8H2,(H,23,25). The number of amides is 1. The molecule has 0 aliphatic carbocycles. The summed E-state index contributed by atoms with van der Waals surface area (Å²) in [5, 5.41) is 3.11. The number of hydrogen-bond acceptors (Lipinski definition) is 3. The third kappa shape index (κ3) is 4.60. The minimum atomic E-state index is -3.82. The predicted molar refractivity (Wildman–Crippen MR) is 108 cm³/mol. The maximum absolute atomic E-state index is 13.8. The number of anilines is 1. The van der Waals surface area contributed by atoms with E-state index >= 15 is 0 Å². The van der Waals surface area contributed by atoms with Gasteiger partial charge in [-0.25, -0.2) is 12.8 Å². The fourth-order valence-corrected chi connectivity index (χ4v) is 5.36. The Labute approximate surface area is 177 Å². The maximum Gasteiger partial charge on any atom is 0.244 e. The molecule has 1 heterocycles. The topological polar surface area (TPSA) is 66.5 Å². The van der Waals surface area contributed by atoms with E-state index < -0.39 is 21.8 Å². The first-order valence-electron chi connectivity index (χ1n) is 8.39. The molecule has 150 valence electrons. The van der Waals surface area contributed by atoms with Crippen LogP contribution in [-0.4, -0.2) is 31.7 Å². The Bertz CT molecular complexity index is 1010. The highest BCUT2D eigenvalue weighted by molar-refractivity contribution is 7.89. The fraction of sp³-hybridized carbons (Fsp3) is 0.278. The number of benzene rings is 2. The van der Waals surface area contributed by atoms with E-state index in [1.807, 2.05) is 0 Å². The smallest absolute Gasteiger partial charge is 0.244 e. The first kappa shape index (κ1) is 21.3. The number of rotatable bonds is 4. The summed E-state index contributed by atoms with van der Waals surface area (Å²) >= 11 is 17.6.